The van der Waals surface area contributed by atoms with Crippen LogP contribution in [0.5, 0.6) is 0 Å². The summed E-state index contributed by atoms with van der Waals surface area (Å²) in [5.41, 5.74) is 2.71. The summed E-state index contributed by atoms with van der Waals surface area (Å²) in [7, 11) is 0. The van der Waals surface area contributed by atoms with Crippen LogP contribution < -0.4 is 10.6 Å². The van der Waals surface area contributed by atoms with Crippen molar-refractivity contribution in [3.05, 3.63) is 65.2 Å². The maximum atomic E-state index is 12.6. The standard InChI is InChI=1S/C21H26N2O2/c1-14(2)22-19(24)15-9-8-10-16(13-15)20(25)23-18-12-7-6-11-17(18)21(3,4)5/h6-14H,1-5H3,(H,22,24)(H,23,25). The molecule has 0 saturated carbocycles. The minimum Gasteiger partial charge on any atom is -0.350 e. The van der Waals surface area contributed by atoms with Gasteiger partial charge in [0.1, 0.15) is 0 Å². The molecule has 4 nitrogen and oxygen atoms in total. The molecule has 0 bridgehead atoms. The van der Waals surface area contributed by atoms with Crippen LogP contribution in [0, 0.1) is 0 Å². The molecule has 0 radical (unpaired) electrons. The smallest absolute Gasteiger partial charge is 0.255 e. The van der Waals surface area contributed by atoms with Crippen molar-refractivity contribution >= 4 is 17.5 Å². The average molecular weight is 338 g/mol. The molecule has 0 aliphatic rings. The highest BCUT2D eigenvalue weighted by atomic mass is 16.2. The van der Waals surface area contributed by atoms with Crippen LogP contribution in [0.4, 0.5) is 5.69 Å². The predicted octanol–water partition coefficient (Wildman–Crippen LogP) is 4.37. The van der Waals surface area contributed by atoms with Crippen molar-refractivity contribution in [2.45, 2.75) is 46.1 Å². The van der Waals surface area contributed by atoms with E-state index >= 15 is 0 Å². The summed E-state index contributed by atoms with van der Waals surface area (Å²) in [6.45, 7) is 10.1. The van der Waals surface area contributed by atoms with Crippen molar-refractivity contribution in [1.29, 1.82) is 0 Å². The van der Waals surface area contributed by atoms with E-state index in [0.29, 0.717) is 11.1 Å². The molecule has 2 aromatic carbocycles. The number of nitrogens with one attached hydrogen (secondary N) is 2. The van der Waals surface area contributed by atoms with Gasteiger partial charge in [-0.25, -0.2) is 0 Å². The maximum absolute atomic E-state index is 12.6. The first-order chi connectivity index (χ1) is 11.7. The number of carbonyl (C=O) groups excluding carboxylic acids is 2. The summed E-state index contributed by atoms with van der Waals surface area (Å²) < 4.78 is 0. The number of rotatable bonds is 4. The second-order valence-electron chi connectivity index (χ2n) is 7.46. The molecule has 2 rings (SSSR count). The lowest BCUT2D eigenvalue weighted by atomic mass is 9.86. The molecule has 0 aromatic heterocycles. The second-order valence-corrected chi connectivity index (χ2v) is 7.46. The Hall–Kier alpha value is -2.62. The SMILES string of the molecule is CC(C)NC(=O)c1cccc(C(=O)Nc2ccccc2C(C)(C)C)c1. The fraction of sp³-hybridized carbons (Fsp3) is 0.333. The van der Waals surface area contributed by atoms with Crippen molar-refractivity contribution in [1.82, 2.24) is 5.32 Å². The fourth-order valence-electron chi connectivity index (χ4n) is 2.59. The van der Waals surface area contributed by atoms with Gasteiger partial charge in [0.15, 0.2) is 0 Å². The van der Waals surface area contributed by atoms with Crippen molar-refractivity contribution in [3.63, 3.8) is 0 Å². The highest BCUT2D eigenvalue weighted by Crippen LogP contribution is 2.29. The molecule has 0 saturated heterocycles. The molecule has 0 aliphatic heterocycles. The third-order valence-electron chi connectivity index (χ3n) is 3.79. The van der Waals surface area contributed by atoms with Crippen molar-refractivity contribution in [2.75, 3.05) is 5.32 Å². The van der Waals surface area contributed by atoms with Gasteiger partial charge in [0, 0.05) is 22.9 Å². The lowest BCUT2D eigenvalue weighted by molar-refractivity contribution is 0.0943. The third-order valence-corrected chi connectivity index (χ3v) is 3.79. The largest absolute Gasteiger partial charge is 0.350 e. The quantitative estimate of drug-likeness (QED) is 0.869. The van der Waals surface area contributed by atoms with E-state index < -0.39 is 0 Å². The molecular formula is C21H26N2O2. The van der Waals surface area contributed by atoms with Gasteiger partial charge >= 0.3 is 0 Å². The minimum absolute atomic E-state index is 0.0450. The Bertz CT molecular complexity index is 773. The Morgan fingerprint density at radius 1 is 0.880 bits per heavy atom. The molecule has 0 atom stereocenters. The normalized spacial score (nSPS) is 11.3. The molecule has 4 heteroatoms. The predicted molar refractivity (Wildman–Crippen MR) is 102 cm³/mol. The number of amides is 2. The van der Waals surface area contributed by atoms with E-state index in [9.17, 15) is 9.59 Å². The number of carbonyl (C=O) groups is 2. The van der Waals surface area contributed by atoms with Crippen molar-refractivity contribution in [3.8, 4) is 0 Å². The van der Waals surface area contributed by atoms with Crippen LogP contribution in [0.25, 0.3) is 0 Å². The summed E-state index contributed by atoms with van der Waals surface area (Å²) in [4.78, 5) is 24.8. The molecule has 0 unspecified atom stereocenters. The number of hydrogen-bond donors (Lipinski definition) is 2. The van der Waals surface area contributed by atoms with Crippen molar-refractivity contribution in [2.24, 2.45) is 0 Å². The molecule has 2 N–H and O–H groups in total. The first-order valence-electron chi connectivity index (χ1n) is 8.50. The number of benzene rings is 2. The zero-order valence-electron chi connectivity index (χ0n) is 15.5. The van der Waals surface area contributed by atoms with Gasteiger partial charge in [-0.1, -0.05) is 45.0 Å². The third kappa shape index (κ3) is 4.92. The van der Waals surface area contributed by atoms with Crippen LogP contribution in [0.2, 0.25) is 0 Å². The number of para-hydroxylation sites is 1. The zero-order valence-corrected chi connectivity index (χ0v) is 15.5. The number of hydrogen-bond acceptors (Lipinski definition) is 2. The molecular weight excluding hydrogens is 312 g/mol. The van der Waals surface area contributed by atoms with Gasteiger partial charge in [-0.15, -0.1) is 0 Å². The van der Waals surface area contributed by atoms with E-state index in [2.05, 4.69) is 31.4 Å². The lowest BCUT2D eigenvalue weighted by Gasteiger charge is -2.23. The van der Waals surface area contributed by atoms with Gasteiger partial charge < -0.3 is 10.6 Å². The molecule has 0 aliphatic carbocycles. The van der Waals surface area contributed by atoms with Gasteiger partial charge in [-0.2, -0.15) is 0 Å². The van der Waals surface area contributed by atoms with E-state index in [0.717, 1.165) is 11.3 Å². The molecule has 0 heterocycles. The van der Waals surface area contributed by atoms with Crippen LogP contribution in [0.1, 0.15) is 60.9 Å². The minimum atomic E-state index is -0.226. The van der Waals surface area contributed by atoms with E-state index in [1.807, 2.05) is 38.1 Å². The Morgan fingerprint density at radius 3 is 2.08 bits per heavy atom. The topological polar surface area (TPSA) is 58.2 Å². The molecule has 0 fully saturated rings. The number of anilines is 1. The van der Waals surface area contributed by atoms with Gasteiger partial charge in [-0.05, 0) is 49.1 Å². The first-order valence-corrected chi connectivity index (χ1v) is 8.50. The Balaban J connectivity index is 2.24. The zero-order chi connectivity index (χ0) is 18.6. The summed E-state index contributed by atoms with van der Waals surface area (Å²) in [5.74, 6) is -0.407. The monoisotopic (exact) mass is 338 g/mol. The molecule has 2 aromatic rings. The maximum Gasteiger partial charge on any atom is 0.255 e. The van der Waals surface area contributed by atoms with Crippen LogP contribution >= 0.6 is 0 Å². The van der Waals surface area contributed by atoms with Crippen LogP contribution in [0.15, 0.2) is 48.5 Å². The second kappa shape index (κ2) is 7.51. The fourth-order valence-corrected chi connectivity index (χ4v) is 2.59. The van der Waals surface area contributed by atoms with E-state index in [-0.39, 0.29) is 23.3 Å². The highest BCUT2D eigenvalue weighted by molar-refractivity contribution is 6.06. The Labute approximate surface area is 149 Å². The van der Waals surface area contributed by atoms with Gasteiger partial charge in [0.2, 0.25) is 0 Å². The summed E-state index contributed by atoms with van der Waals surface area (Å²) in [5, 5.41) is 5.80. The molecule has 132 valence electrons. The van der Waals surface area contributed by atoms with E-state index in [1.54, 1.807) is 24.3 Å². The van der Waals surface area contributed by atoms with Crippen LogP contribution in [-0.2, 0) is 5.41 Å². The van der Waals surface area contributed by atoms with E-state index in [4.69, 9.17) is 0 Å². The Kier molecular flexibility index (Phi) is 5.62. The molecule has 0 spiro atoms. The molecule has 25 heavy (non-hydrogen) atoms. The average Bonchev–Trinajstić information content (AvgIpc) is 2.54. The first kappa shape index (κ1) is 18.7. The van der Waals surface area contributed by atoms with Gasteiger partial charge in [-0.3, -0.25) is 9.59 Å². The summed E-state index contributed by atoms with van der Waals surface area (Å²) in [6.07, 6.45) is 0. The highest BCUT2D eigenvalue weighted by Gasteiger charge is 2.19. The van der Waals surface area contributed by atoms with Gasteiger partial charge in [0.05, 0.1) is 0 Å². The molecule has 2 amide bonds. The summed E-state index contributed by atoms with van der Waals surface area (Å²) in [6, 6.07) is 14.6. The van der Waals surface area contributed by atoms with Gasteiger partial charge in [0.25, 0.3) is 11.8 Å². The summed E-state index contributed by atoms with van der Waals surface area (Å²) >= 11 is 0. The van der Waals surface area contributed by atoms with Crippen LogP contribution in [-0.4, -0.2) is 17.9 Å². The lowest BCUT2D eigenvalue weighted by Crippen LogP contribution is -2.30. The Morgan fingerprint density at radius 2 is 1.48 bits per heavy atom. The van der Waals surface area contributed by atoms with E-state index in [1.165, 1.54) is 0 Å². The van der Waals surface area contributed by atoms with Crippen molar-refractivity contribution < 1.29 is 9.59 Å². The van der Waals surface area contributed by atoms with Crippen LogP contribution in [0.3, 0.4) is 0 Å².